The van der Waals surface area contributed by atoms with Crippen LogP contribution in [0.1, 0.15) is 38.2 Å². The Bertz CT molecular complexity index is 403. The molecule has 0 saturated carbocycles. The summed E-state index contributed by atoms with van der Waals surface area (Å²) in [6.45, 7) is 2.98. The largest absolute Gasteiger partial charge is 0.383 e. The van der Waals surface area contributed by atoms with E-state index < -0.39 is 0 Å². The van der Waals surface area contributed by atoms with E-state index in [1.54, 1.807) is 0 Å². The average molecular weight is 246 g/mol. The number of unbranched alkanes of at least 4 members (excludes halogenated alkanes) is 2. The van der Waals surface area contributed by atoms with Crippen LogP contribution < -0.4 is 10.6 Å². The van der Waals surface area contributed by atoms with Gasteiger partial charge in [0, 0.05) is 18.7 Å². The lowest BCUT2D eigenvalue weighted by molar-refractivity contribution is -0.121. The lowest BCUT2D eigenvalue weighted by Crippen LogP contribution is -2.43. The Morgan fingerprint density at radius 3 is 3.06 bits per heavy atom. The van der Waals surface area contributed by atoms with Crippen LogP contribution in [0.25, 0.3) is 0 Å². The lowest BCUT2D eigenvalue weighted by Gasteiger charge is -2.26. The van der Waals surface area contributed by atoms with Crippen molar-refractivity contribution in [1.29, 1.82) is 0 Å². The van der Waals surface area contributed by atoms with Crippen molar-refractivity contribution in [2.45, 2.75) is 45.1 Å². The van der Waals surface area contributed by atoms with E-state index in [-0.39, 0.29) is 11.9 Å². The van der Waals surface area contributed by atoms with Crippen molar-refractivity contribution in [2.75, 3.05) is 11.9 Å². The zero-order valence-corrected chi connectivity index (χ0v) is 11.0. The molecule has 98 valence electrons. The lowest BCUT2D eigenvalue weighted by atomic mass is 9.99. The van der Waals surface area contributed by atoms with Crippen LogP contribution in [0.3, 0.4) is 0 Å². The first-order valence-corrected chi connectivity index (χ1v) is 6.90. The number of carbonyl (C=O) groups is 1. The molecule has 3 heteroatoms. The number of fused-ring (bicyclic) bond motifs is 1. The molecular weight excluding hydrogens is 224 g/mol. The van der Waals surface area contributed by atoms with Crippen LogP contribution in [-0.4, -0.2) is 18.5 Å². The van der Waals surface area contributed by atoms with Gasteiger partial charge >= 0.3 is 0 Å². The van der Waals surface area contributed by atoms with E-state index in [2.05, 4.69) is 29.7 Å². The third-order valence-electron chi connectivity index (χ3n) is 3.40. The summed E-state index contributed by atoms with van der Waals surface area (Å²) in [6, 6.07) is 8.53. The van der Waals surface area contributed by atoms with Gasteiger partial charge in [-0.2, -0.15) is 0 Å². The number of benzene rings is 1. The Labute approximate surface area is 109 Å². The maximum atomic E-state index is 11.8. The molecule has 1 heterocycles. The van der Waals surface area contributed by atoms with Crippen molar-refractivity contribution in [3.05, 3.63) is 29.8 Å². The summed E-state index contributed by atoms with van der Waals surface area (Å²) in [4.78, 5) is 11.8. The van der Waals surface area contributed by atoms with Gasteiger partial charge in [-0.05, 0) is 24.5 Å². The minimum absolute atomic E-state index is 0.189. The van der Waals surface area contributed by atoms with Gasteiger partial charge in [0.1, 0.15) is 0 Å². The van der Waals surface area contributed by atoms with Crippen molar-refractivity contribution >= 4 is 11.6 Å². The van der Waals surface area contributed by atoms with Crippen LogP contribution in [0.5, 0.6) is 0 Å². The molecule has 18 heavy (non-hydrogen) atoms. The maximum Gasteiger partial charge on any atom is 0.220 e. The fourth-order valence-corrected chi connectivity index (χ4v) is 2.38. The van der Waals surface area contributed by atoms with Crippen LogP contribution in [0.2, 0.25) is 0 Å². The summed E-state index contributed by atoms with van der Waals surface area (Å²) in [7, 11) is 0. The fourth-order valence-electron chi connectivity index (χ4n) is 2.38. The molecule has 0 saturated heterocycles. The Hall–Kier alpha value is -1.51. The Morgan fingerprint density at radius 1 is 1.39 bits per heavy atom. The number of para-hydroxylation sites is 1. The highest BCUT2D eigenvalue weighted by molar-refractivity contribution is 5.76. The van der Waals surface area contributed by atoms with Crippen LogP contribution in [0, 0.1) is 0 Å². The minimum atomic E-state index is 0.189. The normalized spacial score (nSPS) is 17.7. The number of hydrogen-bond donors (Lipinski definition) is 2. The first kappa shape index (κ1) is 12.9. The SMILES string of the molecule is CCCCCC(=O)NC1CNc2ccccc2C1. The predicted octanol–water partition coefficient (Wildman–Crippen LogP) is 2.72. The van der Waals surface area contributed by atoms with E-state index in [4.69, 9.17) is 0 Å². The molecule has 1 aromatic carbocycles. The molecule has 3 nitrogen and oxygen atoms in total. The number of hydrogen-bond acceptors (Lipinski definition) is 2. The quantitative estimate of drug-likeness (QED) is 0.784. The van der Waals surface area contributed by atoms with E-state index >= 15 is 0 Å². The molecule has 1 aromatic rings. The van der Waals surface area contributed by atoms with Crippen LogP contribution >= 0.6 is 0 Å². The van der Waals surface area contributed by atoms with Gasteiger partial charge < -0.3 is 10.6 Å². The molecule has 0 radical (unpaired) electrons. The molecule has 1 atom stereocenters. The van der Waals surface area contributed by atoms with Gasteiger partial charge in [0.15, 0.2) is 0 Å². The molecule has 0 spiro atoms. The number of rotatable bonds is 5. The van der Waals surface area contributed by atoms with E-state index in [1.807, 2.05) is 12.1 Å². The number of anilines is 1. The van der Waals surface area contributed by atoms with Crippen molar-refractivity contribution in [2.24, 2.45) is 0 Å². The minimum Gasteiger partial charge on any atom is -0.383 e. The molecule has 2 N–H and O–H groups in total. The van der Waals surface area contributed by atoms with Gasteiger partial charge in [0.25, 0.3) is 0 Å². The fraction of sp³-hybridized carbons (Fsp3) is 0.533. The van der Waals surface area contributed by atoms with Crippen molar-refractivity contribution in [1.82, 2.24) is 5.32 Å². The zero-order chi connectivity index (χ0) is 12.8. The summed E-state index contributed by atoms with van der Waals surface area (Å²) in [5.74, 6) is 0.189. The van der Waals surface area contributed by atoms with Gasteiger partial charge in [0.05, 0.1) is 6.04 Å². The Morgan fingerprint density at radius 2 is 2.22 bits per heavy atom. The second kappa shape index (κ2) is 6.43. The summed E-state index contributed by atoms with van der Waals surface area (Å²) in [5, 5.41) is 6.49. The molecule has 0 bridgehead atoms. The van der Waals surface area contributed by atoms with Crippen LogP contribution in [0.4, 0.5) is 5.69 Å². The molecule has 1 unspecified atom stereocenters. The molecule has 0 aliphatic carbocycles. The third kappa shape index (κ3) is 3.49. The Balaban J connectivity index is 1.80. The molecule has 0 fully saturated rings. The molecule has 0 aromatic heterocycles. The molecule has 2 rings (SSSR count). The van der Waals surface area contributed by atoms with Gasteiger partial charge in [-0.15, -0.1) is 0 Å². The second-order valence-corrected chi connectivity index (χ2v) is 4.96. The summed E-state index contributed by atoms with van der Waals surface area (Å²) < 4.78 is 0. The van der Waals surface area contributed by atoms with E-state index in [0.717, 1.165) is 32.2 Å². The predicted molar refractivity (Wildman–Crippen MR) is 74.7 cm³/mol. The summed E-state index contributed by atoms with van der Waals surface area (Å²) >= 11 is 0. The summed E-state index contributed by atoms with van der Waals surface area (Å²) in [5.41, 5.74) is 2.50. The topological polar surface area (TPSA) is 41.1 Å². The van der Waals surface area contributed by atoms with Gasteiger partial charge in [-0.25, -0.2) is 0 Å². The zero-order valence-electron chi connectivity index (χ0n) is 11.0. The first-order valence-electron chi connectivity index (χ1n) is 6.90. The number of carbonyl (C=O) groups excluding carboxylic acids is 1. The van der Waals surface area contributed by atoms with E-state index in [0.29, 0.717) is 6.42 Å². The number of nitrogens with one attached hydrogen (secondary N) is 2. The van der Waals surface area contributed by atoms with Crippen molar-refractivity contribution in [3.63, 3.8) is 0 Å². The van der Waals surface area contributed by atoms with Gasteiger partial charge in [0.2, 0.25) is 5.91 Å². The first-order chi connectivity index (χ1) is 8.79. The van der Waals surface area contributed by atoms with E-state index in [1.165, 1.54) is 11.3 Å². The molecule has 1 amide bonds. The molecular formula is C15H22N2O. The van der Waals surface area contributed by atoms with Gasteiger partial charge in [-0.3, -0.25) is 4.79 Å². The molecule has 1 aliphatic rings. The van der Waals surface area contributed by atoms with Crippen molar-refractivity contribution < 1.29 is 4.79 Å². The van der Waals surface area contributed by atoms with Gasteiger partial charge in [-0.1, -0.05) is 38.0 Å². The second-order valence-electron chi connectivity index (χ2n) is 4.96. The monoisotopic (exact) mass is 246 g/mol. The Kier molecular flexibility index (Phi) is 4.62. The number of amides is 1. The summed E-state index contributed by atoms with van der Waals surface area (Å²) in [6.07, 6.45) is 4.89. The van der Waals surface area contributed by atoms with Crippen LogP contribution in [0.15, 0.2) is 24.3 Å². The van der Waals surface area contributed by atoms with Crippen molar-refractivity contribution in [3.8, 4) is 0 Å². The highest BCUT2D eigenvalue weighted by atomic mass is 16.1. The maximum absolute atomic E-state index is 11.8. The molecule has 1 aliphatic heterocycles. The third-order valence-corrected chi connectivity index (χ3v) is 3.40. The smallest absolute Gasteiger partial charge is 0.220 e. The average Bonchev–Trinajstić information content (AvgIpc) is 2.39. The highest BCUT2D eigenvalue weighted by Crippen LogP contribution is 2.21. The standard InChI is InChI=1S/C15H22N2O/c1-2-3-4-9-15(18)17-13-10-12-7-5-6-8-14(12)16-11-13/h5-8,13,16H,2-4,9-11H2,1H3,(H,17,18). The van der Waals surface area contributed by atoms with E-state index in [9.17, 15) is 4.79 Å². The van der Waals surface area contributed by atoms with Crippen LogP contribution in [-0.2, 0) is 11.2 Å². The highest BCUT2D eigenvalue weighted by Gasteiger charge is 2.18.